The van der Waals surface area contributed by atoms with Crippen LogP contribution in [0.3, 0.4) is 0 Å². The van der Waals surface area contributed by atoms with Crippen LogP contribution in [0.4, 0.5) is 0 Å². The van der Waals surface area contributed by atoms with Crippen LogP contribution in [0, 0.1) is 13.8 Å². The Morgan fingerprint density at radius 3 is 2.59 bits per heavy atom. The zero-order chi connectivity index (χ0) is 15.7. The predicted octanol–water partition coefficient (Wildman–Crippen LogP) is 1.85. The molecular weight excluding hydrogens is 284 g/mol. The molecule has 0 fully saturated rings. The van der Waals surface area contributed by atoms with Crippen molar-refractivity contribution in [3.63, 3.8) is 0 Å². The van der Waals surface area contributed by atoms with Crippen molar-refractivity contribution >= 4 is 22.7 Å². The maximum absolute atomic E-state index is 12.1. The molecule has 112 valence electrons. The summed E-state index contributed by atoms with van der Waals surface area (Å²) in [4.78, 5) is 24.1. The molecule has 2 heterocycles. The summed E-state index contributed by atoms with van der Waals surface area (Å²) in [6.45, 7) is 3.43. The number of nitrogens with zero attached hydrogens (tertiary/aromatic N) is 1. The number of hydrogen-bond donors (Lipinski definition) is 3. The summed E-state index contributed by atoms with van der Waals surface area (Å²) in [7, 11) is 0. The van der Waals surface area contributed by atoms with Gasteiger partial charge in [-0.15, -0.1) is 0 Å². The van der Waals surface area contributed by atoms with Gasteiger partial charge in [0, 0.05) is 5.39 Å². The maximum Gasteiger partial charge on any atom is 0.290 e. The number of furan rings is 1. The minimum Gasteiger partial charge on any atom is -0.466 e. The second-order valence-corrected chi connectivity index (χ2v) is 4.85. The van der Waals surface area contributed by atoms with Crippen LogP contribution < -0.4 is 10.9 Å². The molecule has 0 spiro atoms. The number of para-hydroxylation sites is 1. The minimum atomic E-state index is -0.497. The highest BCUT2D eigenvalue weighted by molar-refractivity contribution is 6.05. The van der Waals surface area contributed by atoms with Crippen LogP contribution in [0.5, 0.6) is 0 Å². The predicted molar refractivity (Wildman–Crippen MR) is 79.2 cm³/mol. The van der Waals surface area contributed by atoms with E-state index in [1.807, 2.05) is 18.2 Å². The lowest BCUT2D eigenvalue weighted by Crippen LogP contribution is -2.41. The summed E-state index contributed by atoms with van der Waals surface area (Å²) in [5, 5.41) is 7.41. The summed E-state index contributed by atoms with van der Waals surface area (Å²) in [6, 6.07) is 8.86. The summed E-state index contributed by atoms with van der Waals surface area (Å²) >= 11 is 0. The van der Waals surface area contributed by atoms with Crippen LogP contribution in [0.15, 0.2) is 34.7 Å². The van der Waals surface area contributed by atoms with Crippen LogP contribution >= 0.6 is 0 Å². The van der Waals surface area contributed by atoms with Crippen LogP contribution in [0.1, 0.15) is 32.4 Å². The van der Waals surface area contributed by atoms with Crippen molar-refractivity contribution in [1.29, 1.82) is 0 Å². The lowest BCUT2D eigenvalue weighted by Gasteiger charge is -2.05. The van der Waals surface area contributed by atoms with Gasteiger partial charge in [-0.3, -0.25) is 25.5 Å². The monoisotopic (exact) mass is 298 g/mol. The average molecular weight is 298 g/mol. The number of aryl methyl sites for hydroxylation is 2. The van der Waals surface area contributed by atoms with Gasteiger partial charge < -0.3 is 4.42 Å². The van der Waals surface area contributed by atoms with E-state index in [0.29, 0.717) is 22.5 Å². The normalized spacial score (nSPS) is 10.6. The first-order valence-corrected chi connectivity index (χ1v) is 6.67. The van der Waals surface area contributed by atoms with Crippen molar-refractivity contribution in [2.24, 2.45) is 0 Å². The summed E-state index contributed by atoms with van der Waals surface area (Å²) in [6.07, 6.45) is 0. The fraction of sp³-hybridized carbons (Fsp3) is 0.133. The van der Waals surface area contributed by atoms with Gasteiger partial charge in [0.1, 0.15) is 11.5 Å². The molecule has 0 aliphatic carbocycles. The molecule has 3 N–H and O–H groups in total. The van der Waals surface area contributed by atoms with Gasteiger partial charge >= 0.3 is 0 Å². The van der Waals surface area contributed by atoms with E-state index in [0.717, 1.165) is 5.52 Å². The van der Waals surface area contributed by atoms with Crippen molar-refractivity contribution in [3.05, 3.63) is 53.1 Å². The van der Waals surface area contributed by atoms with E-state index in [9.17, 15) is 9.59 Å². The number of amides is 2. The van der Waals surface area contributed by atoms with Gasteiger partial charge in [0.15, 0.2) is 5.69 Å². The van der Waals surface area contributed by atoms with Crippen LogP contribution in [0.2, 0.25) is 0 Å². The van der Waals surface area contributed by atoms with E-state index < -0.39 is 11.8 Å². The first kappa shape index (κ1) is 13.9. The number of hydrogen-bond acceptors (Lipinski definition) is 4. The zero-order valence-electron chi connectivity index (χ0n) is 12.1. The molecule has 0 saturated heterocycles. The smallest absolute Gasteiger partial charge is 0.290 e. The highest BCUT2D eigenvalue weighted by Crippen LogP contribution is 2.15. The lowest BCUT2D eigenvalue weighted by molar-refractivity contribution is 0.0844. The Morgan fingerprint density at radius 2 is 1.86 bits per heavy atom. The van der Waals surface area contributed by atoms with E-state index in [-0.39, 0.29) is 5.69 Å². The number of carbonyl (C=O) groups excluding carboxylic acids is 2. The number of fused-ring (bicyclic) bond motifs is 1. The number of benzene rings is 1. The van der Waals surface area contributed by atoms with E-state index in [1.54, 1.807) is 26.0 Å². The first-order valence-electron chi connectivity index (χ1n) is 6.67. The van der Waals surface area contributed by atoms with Crippen molar-refractivity contribution in [3.8, 4) is 0 Å². The Labute approximate surface area is 125 Å². The summed E-state index contributed by atoms with van der Waals surface area (Å²) < 4.78 is 5.28. The molecule has 22 heavy (non-hydrogen) atoms. The van der Waals surface area contributed by atoms with E-state index >= 15 is 0 Å². The Hall–Kier alpha value is -3.09. The Morgan fingerprint density at radius 1 is 1.14 bits per heavy atom. The molecule has 0 aliphatic heterocycles. The Bertz CT molecular complexity index is 863. The molecule has 0 saturated carbocycles. The van der Waals surface area contributed by atoms with E-state index in [4.69, 9.17) is 4.42 Å². The second kappa shape index (κ2) is 5.36. The summed E-state index contributed by atoms with van der Waals surface area (Å²) in [5.41, 5.74) is 6.05. The molecule has 2 aromatic heterocycles. The molecule has 2 amide bonds. The quantitative estimate of drug-likeness (QED) is 0.628. The number of carbonyl (C=O) groups is 2. The molecule has 0 atom stereocenters. The molecule has 3 rings (SSSR count). The van der Waals surface area contributed by atoms with Gasteiger partial charge in [-0.1, -0.05) is 18.2 Å². The van der Waals surface area contributed by atoms with Gasteiger partial charge in [-0.25, -0.2) is 0 Å². The highest BCUT2D eigenvalue weighted by atomic mass is 16.3. The van der Waals surface area contributed by atoms with Crippen molar-refractivity contribution in [1.82, 2.24) is 21.0 Å². The number of nitrogens with one attached hydrogen (secondary N) is 3. The Balaban J connectivity index is 1.72. The molecule has 1 aromatic carbocycles. The van der Waals surface area contributed by atoms with Crippen LogP contribution in [-0.2, 0) is 0 Å². The van der Waals surface area contributed by atoms with Gasteiger partial charge in [-0.2, -0.15) is 5.10 Å². The van der Waals surface area contributed by atoms with Crippen molar-refractivity contribution in [2.45, 2.75) is 13.8 Å². The number of aromatic amines is 1. The van der Waals surface area contributed by atoms with E-state index in [2.05, 4.69) is 21.0 Å². The van der Waals surface area contributed by atoms with Crippen LogP contribution in [0.25, 0.3) is 10.9 Å². The molecule has 0 bridgehead atoms. The number of hydrazine groups is 1. The third-order valence-corrected chi connectivity index (χ3v) is 3.26. The lowest BCUT2D eigenvalue weighted by atomic mass is 10.2. The molecule has 3 aromatic rings. The second-order valence-electron chi connectivity index (χ2n) is 4.85. The largest absolute Gasteiger partial charge is 0.466 e. The maximum atomic E-state index is 12.1. The third kappa shape index (κ3) is 2.44. The molecule has 0 aliphatic rings. The topological polar surface area (TPSA) is 100 Å². The molecular formula is C15H14N4O3. The van der Waals surface area contributed by atoms with Crippen molar-refractivity contribution in [2.75, 3.05) is 0 Å². The average Bonchev–Trinajstić information content (AvgIpc) is 3.07. The standard InChI is InChI=1S/C15H14N4O3/c1-8-7-11(9(2)22-8)14(20)18-19-15(21)13-10-5-3-4-6-12(10)16-17-13/h3-7H,1-2H3,(H,16,17)(H,18,20)(H,19,21). The van der Waals surface area contributed by atoms with Gasteiger partial charge in [0.2, 0.25) is 0 Å². The first-order chi connectivity index (χ1) is 10.6. The molecule has 0 unspecified atom stereocenters. The molecule has 0 radical (unpaired) electrons. The number of rotatable bonds is 2. The Kier molecular flexibility index (Phi) is 3.38. The summed E-state index contributed by atoms with van der Waals surface area (Å²) in [5.74, 6) is 0.188. The molecule has 7 nitrogen and oxygen atoms in total. The van der Waals surface area contributed by atoms with Gasteiger partial charge in [0.05, 0.1) is 11.1 Å². The zero-order valence-corrected chi connectivity index (χ0v) is 12.1. The SMILES string of the molecule is Cc1cc(C(=O)NNC(=O)c2n[nH]c3ccccc23)c(C)o1. The van der Waals surface area contributed by atoms with E-state index in [1.165, 1.54) is 0 Å². The minimum absolute atomic E-state index is 0.219. The number of aromatic nitrogens is 2. The number of H-pyrrole nitrogens is 1. The highest BCUT2D eigenvalue weighted by Gasteiger charge is 2.17. The fourth-order valence-corrected chi connectivity index (χ4v) is 2.23. The van der Waals surface area contributed by atoms with Gasteiger partial charge in [0.25, 0.3) is 11.8 Å². The van der Waals surface area contributed by atoms with Crippen molar-refractivity contribution < 1.29 is 14.0 Å². The fourth-order valence-electron chi connectivity index (χ4n) is 2.23. The molecule has 7 heteroatoms. The van der Waals surface area contributed by atoms with Crippen LogP contribution in [-0.4, -0.2) is 22.0 Å². The third-order valence-electron chi connectivity index (χ3n) is 3.26. The van der Waals surface area contributed by atoms with Gasteiger partial charge in [-0.05, 0) is 26.0 Å².